The van der Waals surface area contributed by atoms with E-state index in [9.17, 15) is 0 Å². The predicted molar refractivity (Wildman–Crippen MR) is 70.3 cm³/mol. The molecular weight excluding hydrogens is 226 g/mol. The monoisotopic (exact) mass is 241 g/mol. The molecule has 0 aliphatic carbocycles. The molecule has 1 aromatic carbocycles. The number of rotatable bonds is 1. The van der Waals surface area contributed by atoms with Gasteiger partial charge in [0, 0.05) is 18.2 Å². The van der Waals surface area contributed by atoms with E-state index in [0.717, 1.165) is 23.4 Å². The molecule has 2 aromatic rings. The maximum Gasteiger partial charge on any atom is 0.220 e. The summed E-state index contributed by atoms with van der Waals surface area (Å²) in [5, 5.41) is 0. The van der Waals surface area contributed by atoms with Crippen molar-refractivity contribution in [1.29, 1.82) is 0 Å². The molecule has 0 radical (unpaired) electrons. The van der Waals surface area contributed by atoms with Gasteiger partial charge in [-0.05, 0) is 43.7 Å². The third-order valence-corrected chi connectivity index (χ3v) is 3.03. The van der Waals surface area contributed by atoms with Gasteiger partial charge in [-0.25, -0.2) is 9.97 Å². The lowest BCUT2D eigenvalue weighted by Gasteiger charge is -2.16. The standard InChI is InChI=1S/C14H15N3O/c1-14(2)8-10-7-9(3-4-12(10)18-14)11-5-6-16-13(15)17-11/h3-7H,8H2,1-2H3,(H2,15,16,17). The van der Waals surface area contributed by atoms with Crippen LogP contribution in [0.1, 0.15) is 19.4 Å². The first-order valence-corrected chi connectivity index (χ1v) is 5.94. The van der Waals surface area contributed by atoms with E-state index in [-0.39, 0.29) is 5.60 Å². The third-order valence-electron chi connectivity index (χ3n) is 3.03. The summed E-state index contributed by atoms with van der Waals surface area (Å²) in [5.74, 6) is 1.26. The summed E-state index contributed by atoms with van der Waals surface area (Å²) in [7, 11) is 0. The van der Waals surface area contributed by atoms with Gasteiger partial charge in [-0.15, -0.1) is 0 Å². The molecular formula is C14H15N3O. The summed E-state index contributed by atoms with van der Waals surface area (Å²) in [6.45, 7) is 4.19. The van der Waals surface area contributed by atoms with Crippen molar-refractivity contribution in [2.24, 2.45) is 0 Å². The van der Waals surface area contributed by atoms with Crippen molar-refractivity contribution in [3.05, 3.63) is 36.0 Å². The van der Waals surface area contributed by atoms with Crippen molar-refractivity contribution in [2.75, 3.05) is 5.73 Å². The van der Waals surface area contributed by atoms with Gasteiger partial charge in [-0.1, -0.05) is 0 Å². The molecule has 18 heavy (non-hydrogen) atoms. The largest absolute Gasteiger partial charge is 0.487 e. The van der Waals surface area contributed by atoms with Crippen LogP contribution in [-0.2, 0) is 6.42 Å². The highest BCUT2D eigenvalue weighted by atomic mass is 16.5. The summed E-state index contributed by atoms with van der Waals surface area (Å²) in [6.07, 6.45) is 2.59. The smallest absolute Gasteiger partial charge is 0.220 e. The Morgan fingerprint density at radius 1 is 1.28 bits per heavy atom. The Bertz CT molecular complexity index is 608. The summed E-state index contributed by atoms with van der Waals surface area (Å²) in [5.41, 5.74) is 8.59. The number of benzene rings is 1. The van der Waals surface area contributed by atoms with Gasteiger partial charge in [-0.2, -0.15) is 0 Å². The fourth-order valence-corrected chi connectivity index (χ4v) is 2.30. The Morgan fingerprint density at radius 2 is 2.11 bits per heavy atom. The minimum atomic E-state index is -0.119. The molecule has 0 atom stereocenters. The number of hydrogen-bond donors (Lipinski definition) is 1. The first-order chi connectivity index (χ1) is 8.53. The van der Waals surface area contributed by atoms with Gasteiger partial charge < -0.3 is 10.5 Å². The molecule has 0 saturated heterocycles. The van der Waals surface area contributed by atoms with Gasteiger partial charge in [0.05, 0.1) is 5.69 Å². The Labute approximate surface area is 106 Å². The molecule has 1 aliphatic rings. The number of nitrogens with zero attached hydrogens (tertiary/aromatic N) is 2. The summed E-state index contributed by atoms with van der Waals surface area (Å²) in [6, 6.07) is 7.98. The van der Waals surface area contributed by atoms with E-state index in [4.69, 9.17) is 10.5 Å². The number of aromatic nitrogens is 2. The second-order valence-electron chi connectivity index (χ2n) is 5.16. The zero-order chi connectivity index (χ0) is 12.8. The molecule has 4 heteroatoms. The summed E-state index contributed by atoms with van der Waals surface area (Å²) >= 11 is 0. The van der Waals surface area contributed by atoms with Crippen LogP contribution in [0.2, 0.25) is 0 Å². The van der Waals surface area contributed by atoms with Crippen molar-refractivity contribution in [3.8, 4) is 17.0 Å². The quantitative estimate of drug-likeness (QED) is 0.833. The fraction of sp³-hybridized carbons (Fsp3) is 0.286. The zero-order valence-electron chi connectivity index (χ0n) is 10.5. The van der Waals surface area contributed by atoms with Gasteiger partial charge in [0.1, 0.15) is 11.4 Å². The molecule has 0 bridgehead atoms. The number of ether oxygens (including phenoxy) is 1. The molecule has 2 heterocycles. The molecule has 0 spiro atoms. The second-order valence-corrected chi connectivity index (χ2v) is 5.16. The van der Waals surface area contributed by atoms with Gasteiger partial charge in [0.25, 0.3) is 0 Å². The molecule has 3 rings (SSSR count). The van der Waals surface area contributed by atoms with Crippen LogP contribution in [0.15, 0.2) is 30.5 Å². The average molecular weight is 241 g/mol. The maximum atomic E-state index is 5.85. The van der Waals surface area contributed by atoms with Crippen LogP contribution >= 0.6 is 0 Å². The van der Waals surface area contributed by atoms with E-state index in [1.54, 1.807) is 6.20 Å². The van der Waals surface area contributed by atoms with E-state index in [2.05, 4.69) is 29.9 Å². The van der Waals surface area contributed by atoms with Gasteiger partial charge >= 0.3 is 0 Å². The lowest BCUT2D eigenvalue weighted by Crippen LogP contribution is -2.24. The van der Waals surface area contributed by atoms with E-state index in [1.807, 2.05) is 18.2 Å². The summed E-state index contributed by atoms with van der Waals surface area (Å²) < 4.78 is 5.85. The molecule has 0 amide bonds. The van der Waals surface area contributed by atoms with E-state index < -0.39 is 0 Å². The molecule has 0 unspecified atom stereocenters. The molecule has 92 valence electrons. The maximum absolute atomic E-state index is 5.85. The van der Waals surface area contributed by atoms with Crippen LogP contribution in [0.5, 0.6) is 5.75 Å². The Kier molecular flexibility index (Phi) is 2.26. The number of fused-ring (bicyclic) bond motifs is 1. The van der Waals surface area contributed by atoms with Crippen molar-refractivity contribution >= 4 is 5.95 Å². The van der Waals surface area contributed by atoms with E-state index in [0.29, 0.717) is 5.95 Å². The van der Waals surface area contributed by atoms with E-state index in [1.165, 1.54) is 5.56 Å². The fourth-order valence-electron chi connectivity index (χ4n) is 2.30. The highest BCUT2D eigenvalue weighted by molar-refractivity contribution is 5.63. The molecule has 4 nitrogen and oxygen atoms in total. The first kappa shape index (κ1) is 11.0. The minimum absolute atomic E-state index is 0.119. The van der Waals surface area contributed by atoms with Crippen LogP contribution in [0.4, 0.5) is 5.95 Å². The lowest BCUT2D eigenvalue weighted by atomic mass is 9.99. The molecule has 0 saturated carbocycles. The van der Waals surface area contributed by atoms with Gasteiger partial charge in [0.15, 0.2) is 0 Å². The van der Waals surface area contributed by atoms with Crippen LogP contribution < -0.4 is 10.5 Å². The Balaban J connectivity index is 2.02. The number of hydrogen-bond acceptors (Lipinski definition) is 4. The Hall–Kier alpha value is -2.10. The van der Waals surface area contributed by atoms with Crippen LogP contribution in [0.3, 0.4) is 0 Å². The number of anilines is 1. The van der Waals surface area contributed by atoms with Gasteiger partial charge in [0.2, 0.25) is 5.95 Å². The van der Waals surface area contributed by atoms with E-state index >= 15 is 0 Å². The first-order valence-electron chi connectivity index (χ1n) is 5.94. The van der Waals surface area contributed by atoms with Crippen molar-refractivity contribution in [1.82, 2.24) is 9.97 Å². The Morgan fingerprint density at radius 3 is 2.89 bits per heavy atom. The van der Waals surface area contributed by atoms with Crippen molar-refractivity contribution in [3.63, 3.8) is 0 Å². The molecule has 1 aliphatic heterocycles. The SMILES string of the molecule is CC1(C)Cc2cc(-c3ccnc(N)n3)ccc2O1. The van der Waals surface area contributed by atoms with Crippen LogP contribution in [0.25, 0.3) is 11.3 Å². The lowest BCUT2D eigenvalue weighted by molar-refractivity contribution is 0.138. The molecule has 1 aromatic heterocycles. The normalized spacial score (nSPS) is 16.1. The minimum Gasteiger partial charge on any atom is -0.487 e. The van der Waals surface area contributed by atoms with Crippen molar-refractivity contribution in [2.45, 2.75) is 25.9 Å². The highest BCUT2D eigenvalue weighted by Gasteiger charge is 2.29. The van der Waals surface area contributed by atoms with Crippen LogP contribution in [-0.4, -0.2) is 15.6 Å². The zero-order valence-corrected chi connectivity index (χ0v) is 10.5. The molecule has 0 fully saturated rings. The summed E-state index contributed by atoms with van der Waals surface area (Å²) in [4.78, 5) is 8.13. The predicted octanol–water partition coefficient (Wildman–Crippen LogP) is 2.44. The number of nitrogen functional groups attached to an aromatic ring is 1. The number of nitrogens with two attached hydrogens (primary N) is 1. The van der Waals surface area contributed by atoms with Gasteiger partial charge in [-0.3, -0.25) is 0 Å². The second kappa shape index (κ2) is 3.70. The highest BCUT2D eigenvalue weighted by Crippen LogP contribution is 2.36. The van der Waals surface area contributed by atoms with Crippen molar-refractivity contribution < 1.29 is 4.74 Å². The van der Waals surface area contributed by atoms with Crippen LogP contribution in [0, 0.1) is 0 Å². The topological polar surface area (TPSA) is 61.0 Å². The third kappa shape index (κ3) is 1.90. The average Bonchev–Trinajstić information content (AvgIpc) is 2.61. The molecule has 2 N–H and O–H groups in total.